The minimum absolute atomic E-state index is 0. The Morgan fingerprint density at radius 2 is 1.13 bits per heavy atom. The van der Waals surface area contributed by atoms with Gasteiger partial charge in [-0.2, -0.15) is 10.2 Å². The Kier molecular flexibility index (Phi) is 15.4. The molecule has 0 saturated heterocycles. The largest absolute Gasteiger partial charge is 0.390 e. The SMILES string of the molecule is C.C.C[C@@]1(O)CC[C@@]2(C)[C@@H](CC[C@@H]3[C@@H]2CC[C@]2(C)[C@@H](C(=O)CBr)CC[C@@H]32)C1.C[C@@]1(O)CC[C@@]2(C)[C@@H](CC[C@@H]3[C@@H]2CC[C@]2(C)[C@@H](C(=O)Cn4cc(Cl)cn4)CC[C@@H]32)C1.Clc1cn[nH]c1. The third kappa shape index (κ3) is 9.47. The van der Waals surface area contributed by atoms with Crippen LogP contribution in [0.15, 0.2) is 24.8 Å². The fourth-order valence-corrected chi connectivity index (χ4v) is 17.6. The first-order valence-electron chi connectivity index (χ1n) is 24.1. The number of aromatic amines is 1. The van der Waals surface area contributed by atoms with Gasteiger partial charge in [0.25, 0.3) is 0 Å². The van der Waals surface area contributed by atoms with Gasteiger partial charge in [-0.1, -0.05) is 81.7 Å². The van der Waals surface area contributed by atoms with Crippen LogP contribution in [0.4, 0.5) is 0 Å². The van der Waals surface area contributed by atoms with Gasteiger partial charge in [-0.25, -0.2) is 0 Å². The molecule has 8 saturated carbocycles. The number of ketones is 2. The number of carbonyl (C=O) groups is 2. The van der Waals surface area contributed by atoms with Crippen LogP contribution in [0.2, 0.25) is 10.0 Å². The van der Waals surface area contributed by atoms with Gasteiger partial charge in [0.2, 0.25) is 0 Å². The van der Waals surface area contributed by atoms with Crippen molar-refractivity contribution >= 4 is 50.7 Å². The zero-order valence-corrected chi connectivity index (χ0v) is 41.0. The van der Waals surface area contributed by atoms with Crippen LogP contribution in [-0.4, -0.2) is 58.3 Å². The maximum atomic E-state index is 13.3. The summed E-state index contributed by atoms with van der Waals surface area (Å²) in [7, 11) is 0. The van der Waals surface area contributed by atoms with Crippen molar-refractivity contribution in [2.24, 2.45) is 80.8 Å². The van der Waals surface area contributed by atoms with Gasteiger partial charge in [0, 0.05) is 24.2 Å². The Morgan fingerprint density at radius 3 is 1.52 bits per heavy atom. The van der Waals surface area contributed by atoms with E-state index in [0.29, 0.717) is 62.1 Å². The summed E-state index contributed by atoms with van der Waals surface area (Å²) in [5, 5.41) is 33.4. The number of carbonyl (C=O) groups excluding carboxylic acids is 2. The average Bonchev–Trinajstić information content (AvgIpc) is 4.01. The number of alkyl halides is 1. The lowest BCUT2D eigenvalue weighted by atomic mass is 9.44. The molecule has 2 aromatic heterocycles. The molecule has 0 bridgehead atoms. The summed E-state index contributed by atoms with van der Waals surface area (Å²) < 4.78 is 1.70. The molecule has 0 radical (unpaired) electrons. The molecule has 2 heterocycles. The van der Waals surface area contributed by atoms with Crippen LogP contribution in [0, 0.1) is 80.8 Å². The molecule has 356 valence electrons. The van der Waals surface area contributed by atoms with Crippen LogP contribution >= 0.6 is 39.1 Å². The van der Waals surface area contributed by atoms with Gasteiger partial charge >= 0.3 is 0 Å². The summed E-state index contributed by atoms with van der Waals surface area (Å²) in [5.41, 5.74) is 0.264. The first-order valence-corrected chi connectivity index (χ1v) is 26.0. The van der Waals surface area contributed by atoms with Gasteiger partial charge in [-0.05, 0) is 198 Å². The number of hydrogen-bond donors (Lipinski definition) is 3. The lowest BCUT2D eigenvalue weighted by molar-refractivity contribution is -0.151. The van der Waals surface area contributed by atoms with Crippen LogP contribution in [-0.2, 0) is 16.1 Å². The van der Waals surface area contributed by atoms with Gasteiger partial charge in [0.15, 0.2) is 5.78 Å². The highest BCUT2D eigenvalue weighted by Crippen LogP contribution is 2.70. The van der Waals surface area contributed by atoms with Crippen LogP contribution in [0.3, 0.4) is 0 Å². The van der Waals surface area contributed by atoms with Gasteiger partial charge in [0.1, 0.15) is 5.78 Å². The second kappa shape index (κ2) is 19.0. The number of halogens is 3. The minimum Gasteiger partial charge on any atom is -0.390 e. The quantitative estimate of drug-likeness (QED) is 0.257. The molecule has 10 rings (SSSR count). The van der Waals surface area contributed by atoms with E-state index >= 15 is 0 Å². The highest BCUT2D eigenvalue weighted by Gasteiger charge is 2.63. The van der Waals surface area contributed by atoms with E-state index in [1.807, 2.05) is 13.8 Å². The molecule has 2 aromatic rings. The Morgan fingerprint density at radius 1 is 0.651 bits per heavy atom. The number of aliphatic hydroxyl groups is 2. The number of aromatic nitrogens is 4. The van der Waals surface area contributed by atoms with Gasteiger partial charge in [-0.3, -0.25) is 19.4 Å². The molecule has 8 aliphatic rings. The van der Waals surface area contributed by atoms with Crippen molar-refractivity contribution in [3.8, 4) is 0 Å². The van der Waals surface area contributed by atoms with Gasteiger partial charge in [-0.15, -0.1) is 0 Å². The van der Waals surface area contributed by atoms with E-state index in [1.165, 1.54) is 70.6 Å². The number of Topliss-reactive ketones (excluding diaryl/α,β-unsaturated/α-hetero) is 2. The highest BCUT2D eigenvalue weighted by atomic mass is 79.9. The second-order valence-electron chi connectivity index (χ2n) is 23.4. The maximum Gasteiger partial charge on any atom is 0.157 e. The molecule has 8 aliphatic carbocycles. The van der Waals surface area contributed by atoms with Crippen LogP contribution in [0.25, 0.3) is 0 Å². The summed E-state index contributed by atoms with van der Waals surface area (Å²) in [6, 6.07) is 0. The lowest BCUT2D eigenvalue weighted by Crippen LogP contribution is -2.55. The normalized spacial score (nSPS) is 45.6. The third-order valence-corrected chi connectivity index (χ3v) is 21.2. The van der Waals surface area contributed by atoms with Crippen molar-refractivity contribution in [2.45, 2.75) is 190 Å². The van der Waals surface area contributed by atoms with Crippen molar-refractivity contribution in [2.75, 3.05) is 5.33 Å². The number of H-pyrrole nitrogens is 1. The van der Waals surface area contributed by atoms with E-state index in [4.69, 9.17) is 23.2 Å². The van der Waals surface area contributed by atoms with E-state index in [-0.39, 0.29) is 37.5 Å². The van der Waals surface area contributed by atoms with Crippen molar-refractivity contribution in [1.82, 2.24) is 20.0 Å². The molecule has 3 N–H and O–H groups in total. The first kappa shape index (κ1) is 51.1. The Hall–Kier alpha value is -1.26. The van der Waals surface area contributed by atoms with Gasteiger partial charge in [0.05, 0.1) is 45.5 Å². The predicted octanol–water partition coefficient (Wildman–Crippen LogP) is 13.2. The Labute approximate surface area is 399 Å². The molecular weight excluding hydrogens is 895 g/mol. The molecule has 0 aromatic carbocycles. The number of nitrogens with one attached hydrogen (secondary N) is 1. The fourth-order valence-electron chi connectivity index (χ4n) is 16.9. The molecule has 0 amide bonds. The molecule has 0 unspecified atom stereocenters. The maximum absolute atomic E-state index is 13.3. The molecular formula is C52H83BrCl2N4O4. The van der Waals surface area contributed by atoms with E-state index in [0.717, 1.165) is 74.5 Å². The third-order valence-electron chi connectivity index (χ3n) is 20.2. The smallest absolute Gasteiger partial charge is 0.157 e. The number of hydrogen-bond acceptors (Lipinski definition) is 6. The molecule has 16 atom stereocenters. The lowest BCUT2D eigenvalue weighted by Gasteiger charge is -2.61. The topological polar surface area (TPSA) is 121 Å². The number of nitrogens with zero attached hydrogens (tertiary/aromatic N) is 3. The summed E-state index contributed by atoms with van der Waals surface area (Å²) in [4.78, 5) is 25.8. The van der Waals surface area contributed by atoms with Crippen LogP contribution in [0.5, 0.6) is 0 Å². The monoisotopic (exact) mass is 976 g/mol. The predicted molar refractivity (Wildman–Crippen MR) is 260 cm³/mol. The van der Waals surface area contributed by atoms with Gasteiger partial charge < -0.3 is 10.2 Å². The van der Waals surface area contributed by atoms with Crippen molar-refractivity contribution in [1.29, 1.82) is 0 Å². The summed E-state index contributed by atoms with van der Waals surface area (Å²) in [5.74, 6) is 7.16. The fraction of sp³-hybridized carbons (Fsp3) is 0.846. The van der Waals surface area contributed by atoms with Crippen molar-refractivity contribution in [3.63, 3.8) is 0 Å². The van der Waals surface area contributed by atoms with E-state index in [9.17, 15) is 19.8 Å². The summed E-state index contributed by atoms with van der Waals surface area (Å²) >= 11 is 14.8. The molecule has 8 nitrogen and oxygen atoms in total. The summed E-state index contributed by atoms with van der Waals surface area (Å²) in [6.07, 6.45) is 27.5. The molecule has 0 aliphatic heterocycles. The highest BCUT2D eigenvalue weighted by molar-refractivity contribution is 9.09. The zero-order chi connectivity index (χ0) is 43.8. The van der Waals surface area contributed by atoms with Crippen LogP contribution < -0.4 is 0 Å². The van der Waals surface area contributed by atoms with Crippen molar-refractivity contribution < 1.29 is 19.8 Å². The molecule has 0 spiro atoms. The van der Waals surface area contributed by atoms with Crippen molar-refractivity contribution in [3.05, 3.63) is 34.8 Å². The molecule has 11 heteroatoms. The first-order chi connectivity index (χ1) is 28.7. The molecule has 63 heavy (non-hydrogen) atoms. The van der Waals surface area contributed by atoms with Crippen LogP contribution in [0.1, 0.15) is 172 Å². The van der Waals surface area contributed by atoms with E-state index < -0.39 is 11.2 Å². The summed E-state index contributed by atoms with van der Waals surface area (Å²) in [6.45, 7) is 14.4. The standard InChI is InChI=1S/C25H37ClN2O2.C22H35BrO2.C3H3ClN2.2CH4/c1-23(30)10-11-24(2)16(12-23)4-5-18-19-6-7-21(25(19,3)9-8-20(18)24)22(29)15-28-14-17(26)13-27-28;1-20(25)10-11-21(2)14(12-20)4-5-15-16-6-7-18(19(24)13-23)22(16,3)9-8-17(15)21;4-3-1-5-6-2-3;;/h13-14,16,18-21,30H,4-12,15H2,1-3H3;14-18,25H,4-13H2,1-3H3;1-2H,(H,5,6);2*1H4/t16-,18-,19-,20-,21+,23+,24-,25-;14-,15-,16-,17-,18+,20+,21-,22-;;;/m00.../s1. The Bertz CT molecular complexity index is 1890. The second-order valence-corrected chi connectivity index (χ2v) is 24.8. The number of rotatable bonds is 5. The average molecular weight is 979 g/mol. The zero-order valence-electron chi connectivity index (χ0n) is 37.9. The Balaban J connectivity index is 0.000000182. The minimum atomic E-state index is -0.472. The molecule has 8 fully saturated rings. The van der Waals surface area contributed by atoms with E-state index in [2.05, 4.69) is 58.9 Å². The van der Waals surface area contributed by atoms with E-state index in [1.54, 1.807) is 29.5 Å². The number of fused-ring (bicyclic) bond motifs is 10.